The van der Waals surface area contributed by atoms with E-state index < -0.39 is 8.32 Å². The zero-order valence-electron chi connectivity index (χ0n) is 17.8. The van der Waals surface area contributed by atoms with Gasteiger partial charge < -0.3 is 9.41 Å². The van der Waals surface area contributed by atoms with Gasteiger partial charge in [0.25, 0.3) is 0 Å². The van der Waals surface area contributed by atoms with Crippen molar-refractivity contribution in [3.63, 3.8) is 0 Å². The van der Waals surface area contributed by atoms with E-state index in [4.69, 9.17) is 4.43 Å². The number of nitrogens with one attached hydrogen (secondary N) is 1. The number of H-pyrrole nitrogens is 1. The van der Waals surface area contributed by atoms with Crippen molar-refractivity contribution in [1.82, 2.24) is 4.98 Å². The maximum Gasteiger partial charge on any atom is 0.250 e. The minimum atomic E-state index is -1.93. The van der Waals surface area contributed by atoms with Gasteiger partial charge in [-0.2, -0.15) is 0 Å². The van der Waals surface area contributed by atoms with Crippen LogP contribution in [0, 0.1) is 6.92 Å². The van der Waals surface area contributed by atoms with Crippen LogP contribution in [0.5, 0.6) is 0 Å². The molecule has 0 aliphatic heterocycles. The van der Waals surface area contributed by atoms with E-state index in [-0.39, 0.29) is 5.04 Å². The normalized spacial score (nSPS) is 18.3. The quantitative estimate of drug-likeness (QED) is 0.436. The first-order valence-corrected chi connectivity index (χ1v) is 14.0. The van der Waals surface area contributed by atoms with Crippen LogP contribution in [0.3, 0.4) is 0 Å². The molecule has 0 spiro atoms. The second-order valence-electron chi connectivity index (χ2n) is 9.52. The Labute approximate surface area is 173 Å². The number of thiophene rings is 1. The molecule has 4 heteroatoms. The molecule has 2 aromatic heterocycles. The number of para-hydroxylation sites is 1. The first-order chi connectivity index (χ1) is 13.2. The Morgan fingerprint density at radius 3 is 2.57 bits per heavy atom. The smallest absolute Gasteiger partial charge is 0.250 e. The average molecular weight is 410 g/mol. The fourth-order valence-electron chi connectivity index (χ4n) is 3.90. The molecule has 3 aromatic rings. The fraction of sp³-hybridized carbons (Fsp3) is 0.417. The van der Waals surface area contributed by atoms with Gasteiger partial charge in [-0.05, 0) is 66.5 Å². The van der Waals surface area contributed by atoms with Gasteiger partial charge in [0, 0.05) is 33.5 Å². The Hall–Kier alpha value is -1.78. The van der Waals surface area contributed by atoms with Crippen LogP contribution in [0.15, 0.2) is 47.7 Å². The van der Waals surface area contributed by atoms with Gasteiger partial charge in [0.2, 0.25) is 8.32 Å². The number of allylic oxidation sites excluding steroid dienone is 2. The first-order valence-electron chi connectivity index (χ1n) is 10.2. The predicted molar refractivity (Wildman–Crippen MR) is 125 cm³/mol. The molecule has 0 amide bonds. The molecule has 0 radical (unpaired) electrons. The molecule has 0 saturated heterocycles. The number of hydrogen-bond donors (Lipinski definition) is 1. The molecule has 0 bridgehead atoms. The second kappa shape index (κ2) is 6.92. The van der Waals surface area contributed by atoms with Gasteiger partial charge in [-0.3, -0.25) is 0 Å². The van der Waals surface area contributed by atoms with E-state index >= 15 is 0 Å². The molecule has 28 heavy (non-hydrogen) atoms. The minimum absolute atomic E-state index is 0.183. The highest BCUT2D eigenvalue weighted by molar-refractivity contribution is 7.11. The summed E-state index contributed by atoms with van der Waals surface area (Å²) in [6, 6.07) is 10.9. The summed E-state index contributed by atoms with van der Waals surface area (Å²) in [7, 11) is -1.93. The average Bonchev–Trinajstić information content (AvgIpc) is 3.32. The van der Waals surface area contributed by atoms with Crippen LogP contribution in [0.25, 0.3) is 16.5 Å². The van der Waals surface area contributed by atoms with E-state index in [2.05, 4.69) is 87.7 Å². The molecule has 1 aliphatic carbocycles. The molecule has 148 valence electrons. The molecule has 4 rings (SSSR count). The lowest BCUT2D eigenvalue weighted by Crippen LogP contribution is -2.41. The molecule has 1 N–H and O–H groups in total. The highest BCUT2D eigenvalue weighted by atomic mass is 32.1. The van der Waals surface area contributed by atoms with E-state index in [0.717, 1.165) is 12.8 Å². The predicted octanol–water partition coefficient (Wildman–Crippen LogP) is 7.85. The molecule has 0 fully saturated rings. The third-order valence-electron chi connectivity index (χ3n) is 6.60. The standard InChI is InChI=1S/C24H31NOSSi/c1-16-13-14-27-23(16)19-12-11-18(22(19)26-28(5,6)24(2,3)4)20-15-25-21-10-8-7-9-17(20)21/h7-10,13-15,18,25H,11-12H2,1-6H3. The summed E-state index contributed by atoms with van der Waals surface area (Å²) >= 11 is 1.86. The molecule has 0 saturated carbocycles. The van der Waals surface area contributed by atoms with Gasteiger partial charge in [0.15, 0.2) is 0 Å². The highest BCUT2D eigenvalue weighted by Gasteiger charge is 2.43. The van der Waals surface area contributed by atoms with Crippen molar-refractivity contribution in [3.05, 3.63) is 63.7 Å². The minimum Gasteiger partial charge on any atom is -0.546 e. The van der Waals surface area contributed by atoms with Crippen LogP contribution in [-0.4, -0.2) is 13.3 Å². The topological polar surface area (TPSA) is 25.0 Å². The third-order valence-corrected chi connectivity index (χ3v) is 12.0. The maximum absolute atomic E-state index is 7.05. The number of benzene rings is 1. The van der Waals surface area contributed by atoms with Crippen molar-refractivity contribution in [2.24, 2.45) is 0 Å². The fourth-order valence-corrected chi connectivity index (χ4v) is 6.03. The molecule has 1 atom stereocenters. The molecule has 1 aliphatic rings. The van der Waals surface area contributed by atoms with E-state index in [9.17, 15) is 0 Å². The molecule has 2 heterocycles. The summed E-state index contributed by atoms with van der Waals surface area (Å²) in [4.78, 5) is 4.89. The number of aromatic nitrogens is 1. The van der Waals surface area contributed by atoms with Gasteiger partial charge in [-0.25, -0.2) is 0 Å². The van der Waals surface area contributed by atoms with Crippen molar-refractivity contribution < 1.29 is 4.43 Å². The molecular weight excluding hydrogens is 378 g/mol. The molecule has 2 nitrogen and oxygen atoms in total. The Morgan fingerprint density at radius 1 is 1.14 bits per heavy atom. The monoisotopic (exact) mass is 409 g/mol. The Morgan fingerprint density at radius 2 is 1.89 bits per heavy atom. The Bertz CT molecular complexity index is 1030. The summed E-state index contributed by atoms with van der Waals surface area (Å²) in [6.45, 7) is 13.9. The van der Waals surface area contributed by atoms with Crippen molar-refractivity contribution in [2.75, 3.05) is 0 Å². The number of aromatic amines is 1. The SMILES string of the molecule is Cc1ccsc1C1=C(O[Si](C)(C)C(C)(C)C)C(c2c[nH]c3ccccc23)CC1. The molecular formula is C24H31NOSSi. The summed E-state index contributed by atoms with van der Waals surface area (Å²) in [5, 5.41) is 3.72. The zero-order chi connectivity index (χ0) is 20.1. The van der Waals surface area contributed by atoms with Gasteiger partial charge >= 0.3 is 0 Å². The maximum atomic E-state index is 7.05. The van der Waals surface area contributed by atoms with Crippen LogP contribution in [0.2, 0.25) is 18.1 Å². The first kappa shape index (κ1) is 19.5. The number of fused-ring (bicyclic) bond motifs is 1. The Kier molecular flexibility index (Phi) is 4.83. The van der Waals surface area contributed by atoms with E-state index in [1.807, 2.05) is 11.3 Å². The van der Waals surface area contributed by atoms with Crippen molar-refractivity contribution in [2.45, 2.75) is 64.6 Å². The number of aryl methyl sites for hydroxylation is 1. The lowest BCUT2D eigenvalue weighted by molar-refractivity contribution is 0.359. The highest BCUT2D eigenvalue weighted by Crippen LogP contribution is 2.50. The Balaban J connectivity index is 1.85. The zero-order valence-corrected chi connectivity index (χ0v) is 19.7. The van der Waals surface area contributed by atoms with Crippen LogP contribution in [0.1, 0.15) is 55.5 Å². The van der Waals surface area contributed by atoms with Crippen molar-refractivity contribution in [3.8, 4) is 0 Å². The van der Waals surface area contributed by atoms with Crippen molar-refractivity contribution in [1.29, 1.82) is 0 Å². The van der Waals surface area contributed by atoms with Crippen LogP contribution in [0.4, 0.5) is 0 Å². The van der Waals surface area contributed by atoms with E-state index in [0.29, 0.717) is 5.92 Å². The number of rotatable bonds is 4. The van der Waals surface area contributed by atoms with Gasteiger partial charge in [0.05, 0.1) is 5.76 Å². The summed E-state index contributed by atoms with van der Waals surface area (Å²) in [5.74, 6) is 1.57. The third kappa shape index (κ3) is 3.27. The van der Waals surface area contributed by atoms with E-state index in [1.54, 1.807) is 0 Å². The molecule has 1 unspecified atom stereocenters. The van der Waals surface area contributed by atoms with Crippen LogP contribution >= 0.6 is 11.3 Å². The second-order valence-corrected chi connectivity index (χ2v) is 15.2. The summed E-state index contributed by atoms with van der Waals surface area (Å²) in [6.07, 6.45) is 4.42. The van der Waals surface area contributed by atoms with E-state index in [1.165, 1.54) is 38.2 Å². The van der Waals surface area contributed by atoms with Crippen LogP contribution in [-0.2, 0) is 4.43 Å². The van der Waals surface area contributed by atoms with Gasteiger partial charge in [0.1, 0.15) is 0 Å². The largest absolute Gasteiger partial charge is 0.546 e. The molecule has 1 aromatic carbocycles. The number of hydrogen-bond acceptors (Lipinski definition) is 2. The summed E-state index contributed by atoms with van der Waals surface area (Å²) in [5.41, 5.74) is 5.40. The van der Waals surface area contributed by atoms with Gasteiger partial charge in [-0.15, -0.1) is 11.3 Å². The van der Waals surface area contributed by atoms with Gasteiger partial charge in [-0.1, -0.05) is 39.0 Å². The van der Waals surface area contributed by atoms with Crippen LogP contribution < -0.4 is 0 Å². The summed E-state index contributed by atoms with van der Waals surface area (Å²) < 4.78 is 7.05. The lowest BCUT2D eigenvalue weighted by Gasteiger charge is -2.38. The van der Waals surface area contributed by atoms with Crippen molar-refractivity contribution >= 4 is 36.1 Å². The lowest BCUT2D eigenvalue weighted by atomic mass is 9.97.